The first-order valence-corrected chi connectivity index (χ1v) is 8.45. The third-order valence-electron chi connectivity index (χ3n) is 4.10. The van der Waals surface area contributed by atoms with Gasteiger partial charge in [-0.25, -0.2) is 4.68 Å². The normalized spacial score (nSPS) is 11.1. The van der Waals surface area contributed by atoms with Crippen LogP contribution in [0.5, 0.6) is 0 Å². The number of nitrogens with zero attached hydrogens (tertiary/aromatic N) is 3. The number of carbonyl (C=O) groups is 1. The number of aliphatic hydroxyl groups excluding tert-OH is 1. The maximum atomic E-state index is 12.3. The zero-order chi connectivity index (χ0) is 17.7. The summed E-state index contributed by atoms with van der Waals surface area (Å²) in [5.41, 5.74) is 4.26. The van der Waals surface area contributed by atoms with Gasteiger partial charge >= 0.3 is 0 Å². The summed E-state index contributed by atoms with van der Waals surface area (Å²) in [5.74, 6) is 0.0849. The van der Waals surface area contributed by atoms with Gasteiger partial charge in [0, 0.05) is 24.7 Å². The summed E-state index contributed by atoms with van der Waals surface area (Å²) in [4.78, 5) is 14.0. The third-order valence-corrected chi connectivity index (χ3v) is 4.10. The Morgan fingerprint density at radius 3 is 2.42 bits per heavy atom. The summed E-state index contributed by atoms with van der Waals surface area (Å²) >= 11 is 0. The quantitative estimate of drug-likeness (QED) is 0.849. The molecule has 24 heavy (non-hydrogen) atoms. The van der Waals surface area contributed by atoms with Gasteiger partial charge in [-0.05, 0) is 57.9 Å². The van der Waals surface area contributed by atoms with E-state index in [9.17, 15) is 4.79 Å². The van der Waals surface area contributed by atoms with Gasteiger partial charge in [0.15, 0.2) is 0 Å². The Bertz CT molecular complexity index is 674. The second-order valence-corrected chi connectivity index (χ2v) is 6.41. The monoisotopic (exact) mass is 329 g/mol. The molecular weight excluding hydrogens is 302 g/mol. The Labute approximate surface area is 143 Å². The Balaban J connectivity index is 1.99. The lowest BCUT2D eigenvalue weighted by Gasteiger charge is -2.26. The highest BCUT2D eigenvalue weighted by Crippen LogP contribution is 2.14. The molecule has 0 aliphatic heterocycles. The zero-order valence-corrected chi connectivity index (χ0v) is 15.0. The Morgan fingerprint density at radius 1 is 1.25 bits per heavy atom. The van der Waals surface area contributed by atoms with Crippen molar-refractivity contribution in [1.29, 1.82) is 0 Å². The van der Waals surface area contributed by atoms with Crippen LogP contribution in [0, 0.1) is 13.8 Å². The van der Waals surface area contributed by atoms with Gasteiger partial charge in [0.25, 0.3) is 0 Å². The van der Waals surface area contributed by atoms with Crippen molar-refractivity contribution in [2.75, 3.05) is 13.2 Å². The van der Waals surface area contributed by atoms with Gasteiger partial charge in [-0.3, -0.25) is 4.79 Å². The van der Waals surface area contributed by atoms with Crippen LogP contribution in [-0.2, 0) is 11.2 Å². The van der Waals surface area contributed by atoms with Crippen molar-refractivity contribution in [2.24, 2.45) is 0 Å². The predicted molar refractivity (Wildman–Crippen MR) is 95.3 cm³/mol. The van der Waals surface area contributed by atoms with E-state index in [1.54, 1.807) is 4.90 Å². The van der Waals surface area contributed by atoms with E-state index in [4.69, 9.17) is 5.11 Å². The van der Waals surface area contributed by atoms with Crippen LogP contribution in [0.15, 0.2) is 30.3 Å². The van der Waals surface area contributed by atoms with Crippen molar-refractivity contribution >= 4 is 5.91 Å². The molecule has 0 aliphatic rings. The van der Waals surface area contributed by atoms with Crippen molar-refractivity contribution in [3.8, 4) is 5.69 Å². The van der Waals surface area contributed by atoms with Crippen LogP contribution < -0.4 is 0 Å². The third kappa shape index (κ3) is 4.45. The fraction of sp³-hybridized carbons (Fsp3) is 0.474. The van der Waals surface area contributed by atoms with E-state index < -0.39 is 0 Å². The number of aryl methyl sites for hydroxylation is 3. The average molecular weight is 329 g/mol. The Kier molecular flexibility index (Phi) is 6.15. The highest BCUT2D eigenvalue weighted by Gasteiger charge is 2.16. The van der Waals surface area contributed by atoms with Gasteiger partial charge < -0.3 is 10.0 Å². The fourth-order valence-corrected chi connectivity index (χ4v) is 2.87. The highest BCUT2D eigenvalue weighted by molar-refractivity contribution is 5.76. The summed E-state index contributed by atoms with van der Waals surface area (Å²) in [6.45, 7) is 8.35. The molecule has 1 aromatic carbocycles. The van der Waals surface area contributed by atoms with Gasteiger partial charge in [-0.1, -0.05) is 12.1 Å². The first kappa shape index (κ1) is 18.2. The molecule has 0 bridgehead atoms. The van der Waals surface area contributed by atoms with E-state index in [0.717, 1.165) is 22.6 Å². The second-order valence-electron chi connectivity index (χ2n) is 6.41. The van der Waals surface area contributed by atoms with Crippen LogP contribution in [-0.4, -0.2) is 44.9 Å². The van der Waals surface area contributed by atoms with Crippen molar-refractivity contribution in [2.45, 2.75) is 46.6 Å². The molecule has 1 amide bonds. The average Bonchev–Trinajstić information content (AvgIpc) is 2.89. The fourth-order valence-electron chi connectivity index (χ4n) is 2.87. The lowest BCUT2D eigenvalue weighted by Crippen LogP contribution is -2.39. The molecule has 130 valence electrons. The Morgan fingerprint density at radius 2 is 1.92 bits per heavy atom. The molecule has 0 fully saturated rings. The lowest BCUT2D eigenvalue weighted by molar-refractivity contribution is -0.133. The molecular formula is C19H27N3O2. The van der Waals surface area contributed by atoms with Gasteiger partial charge in [0.05, 0.1) is 18.0 Å². The number of amides is 1. The number of hydrogen-bond donors (Lipinski definition) is 1. The molecule has 1 N–H and O–H groups in total. The van der Waals surface area contributed by atoms with Crippen LogP contribution in [0.3, 0.4) is 0 Å². The van der Waals surface area contributed by atoms with E-state index in [0.29, 0.717) is 19.4 Å². The molecule has 1 heterocycles. The molecule has 0 atom stereocenters. The minimum atomic E-state index is 0.00125. The minimum Gasteiger partial charge on any atom is -0.395 e. The molecule has 0 aliphatic carbocycles. The second kappa shape index (κ2) is 8.11. The maximum Gasteiger partial charge on any atom is 0.223 e. The molecule has 0 unspecified atom stereocenters. The van der Waals surface area contributed by atoms with E-state index in [-0.39, 0.29) is 18.6 Å². The Hall–Kier alpha value is -2.14. The topological polar surface area (TPSA) is 58.4 Å². The van der Waals surface area contributed by atoms with Crippen molar-refractivity contribution in [1.82, 2.24) is 14.7 Å². The minimum absolute atomic E-state index is 0.00125. The summed E-state index contributed by atoms with van der Waals surface area (Å²) in [5, 5.41) is 13.6. The summed E-state index contributed by atoms with van der Waals surface area (Å²) in [7, 11) is 0. The van der Waals surface area contributed by atoms with Gasteiger partial charge in [-0.2, -0.15) is 5.10 Å². The smallest absolute Gasteiger partial charge is 0.223 e. The van der Waals surface area contributed by atoms with E-state index in [1.165, 1.54) is 0 Å². The lowest BCUT2D eigenvalue weighted by atomic mass is 10.1. The predicted octanol–water partition coefficient (Wildman–Crippen LogP) is 2.65. The number of carbonyl (C=O) groups excluding carboxylic acids is 1. The van der Waals surface area contributed by atoms with Crippen molar-refractivity contribution in [3.63, 3.8) is 0 Å². The maximum absolute atomic E-state index is 12.3. The molecule has 0 saturated carbocycles. The number of aliphatic hydroxyl groups is 1. The largest absolute Gasteiger partial charge is 0.395 e. The van der Waals surface area contributed by atoms with Crippen LogP contribution in [0.25, 0.3) is 5.69 Å². The van der Waals surface area contributed by atoms with Crippen LogP contribution in [0.1, 0.15) is 37.2 Å². The first-order chi connectivity index (χ1) is 11.4. The molecule has 5 nitrogen and oxygen atoms in total. The summed E-state index contributed by atoms with van der Waals surface area (Å²) < 4.78 is 1.92. The molecule has 0 radical (unpaired) electrons. The standard InChI is InChI=1S/C19H27N3O2/c1-14(2)21(11-12-23)19(24)10-7-17-5-8-18(9-6-17)22-16(4)13-15(3)20-22/h5-6,8-9,13-14,23H,7,10-12H2,1-4H3. The zero-order valence-electron chi connectivity index (χ0n) is 15.0. The molecule has 0 spiro atoms. The number of aromatic nitrogens is 2. The first-order valence-electron chi connectivity index (χ1n) is 8.45. The molecule has 2 rings (SSSR count). The molecule has 5 heteroatoms. The van der Waals surface area contributed by atoms with Crippen molar-refractivity contribution < 1.29 is 9.90 Å². The van der Waals surface area contributed by atoms with E-state index >= 15 is 0 Å². The molecule has 2 aromatic rings. The number of hydrogen-bond acceptors (Lipinski definition) is 3. The molecule has 1 aromatic heterocycles. The van der Waals surface area contributed by atoms with Crippen LogP contribution in [0.4, 0.5) is 0 Å². The van der Waals surface area contributed by atoms with Crippen molar-refractivity contribution in [3.05, 3.63) is 47.3 Å². The molecule has 0 saturated heterocycles. The van der Waals surface area contributed by atoms with Crippen LogP contribution >= 0.6 is 0 Å². The van der Waals surface area contributed by atoms with Gasteiger partial charge in [0.1, 0.15) is 0 Å². The summed E-state index contributed by atoms with van der Waals surface area (Å²) in [6, 6.07) is 10.3. The van der Waals surface area contributed by atoms with E-state index in [2.05, 4.69) is 5.10 Å². The SMILES string of the molecule is Cc1cc(C)n(-c2ccc(CCC(=O)N(CCO)C(C)C)cc2)n1. The van der Waals surface area contributed by atoms with Gasteiger partial charge in [-0.15, -0.1) is 0 Å². The highest BCUT2D eigenvalue weighted by atomic mass is 16.3. The summed E-state index contributed by atoms with van der Waals surface area (Å²) in [6.07, 6.45) is 1.16. The van der Waals surface area contributed by atoms with E-state index in [1.807, 2.05) is 62.7 Å². The van der Waals surface area contributed by atoms with Crippen LogP contribution in [0.2, 0.25) is 0 Å². The number of benzene rings is 1. The van der Waals surface area contributed by atoms with Gasteiger partial charge in [0.2, 0.25) is 5.91 Å². The number of rotatable bonds is 7.